The van der Waals surface area contributed by atoms with Crippen LogP contribution in [0.3, 0.4) is 0 Å². The Morgan fingerprint density at radius 1 is 0.619 bits per heavy atom. The van der Waals surface area contributed by atoms with Crippen molar-refractivity contribution in [2.24, 2.45) is 0 Å². The summed E-state index contributed by atoms with van der Waals surface area (Å²) in [6, 6.07) is 5.25. The number of hydrogen-bond donors (Lipinski definition) is 0. The highest BCUT2D eigenvalue weighted by Gasteiger charge is 2.36. The van der Waals surface area contributed by atoms with Gasteiger partial charge in [0.2, 0.25) is 16.6 Å². The van der Waals surface area contributed by atoms with Crippen molar-refractivity contribution in [3.8, 4) is 0 Å². The minimum absolute atomic E-state index is 1.26. The SMILES string of the molecule is CCC[Si](CCC)(CSC[Si](CCC)(CCC)OC)OC. The zero-order chi connectivity index (χ0) is 16.2. The number of hydrogen-bond acceptors (Lipinski definition) is 3. The molecule has 0 aliphatic heterocycles. The largest absolute Gasteiger partial charge is 0.419 e. The smallest absolute Gasteiger partial charge is 0.201 e. The Labute approximate surface area is 140 Å². The molecular weight excluding hydrogens is 312 g/mol. The summed E-state index contributed by atoms with van der Waals surface area (Å²) in [5.74, 6) is 0. The van der Waals surface area contributed by atoms with Gasteiger partial charge in [-0.3, -0.25) is 0 Å². The van der Waals surface area contributed by atoms with Crippen molar-refractivity contribution >= 4 is 28.4 Å². The van der Waals surface area contributed by atoms with Crippen LogP contribution in [0.25, 0.3) is 0 Å². The highest BCUT2D eigenvalue weighted by atomic mass is 32.2. The van der Waals surface area contributed by atoms with E-state index in [1.54, 1.807) is 0 Å². The fourth-order valence-corrected chi connectivity index (χ4v) is 15.8. The Morgan fingerprint density at radius 3 is 1.10 bits per heavy atom. The summed E-state index contributed by atoms with van der Waals surface area (Å²) in [4.78, 5) is 0. The van der Waals surface area contributed by atoms with Crippen molar-refractivity contribution in [3.05, 3.63) is 0 Å². The Hall–Kier alpha value is 0.704. The predicted molar refractivity (Wildman–Crippen MR) is 103 cm³/mol. The first-order valence-corrected chi connectivity index (χ1v) is 15.0. The molecule has 0 aromatic rings. The van der Waals surface area contributed by atoms with Crippen molar-refractivity contribution < 1.29 is 8.85 Å². The molecule has 0 amide bonds. The van der Waals surface area contributed by atoms with Crippen LogP contribution in [0.5, 0.6) is 0 Å². The average Bonchev–Trinajstić information content (AvgIpc) is 2.48. The van der Waals surface area contributed by atoms with Crippen LogP contribution in [0.1, 0.15) is 53.4 Å². The third kappa shape index (κ3) is 7.68. The van der Waals surface area contributed by atoms with Gasteiger partial charge >= 0.3 is 0 Å². The molecule has 0 fully saturated rings. The van der Waals surface area contributed by atoms with Crippen LogP contribution in [-0.4, -0.2) is 41.6 Å². The van der Waals surface area contributed by atoms with Crippen LogP contribution in [0, 0.1) is 0 Å². The molecule has 0 atom stereocenters. The molecule has 21 heavy (non-hydrogen) atoms. The van der Waals surface area contributed by atoms with E-state index in [1.807, 2.05) is 14.2 Å². The van der Waals surface area contributed by atoms with Crippen molar-refractivity contribution in [2.45, 2.75) is 77.6 Å². The molecule has 0 saturated heterocycles. The van der Waals surface area contributed by atoms with Crippen LogP contribution in [0.15, 0.2) is 0 Å². The lowest BCUT2D eigenvalue weighted by molar-refractivity contribution is 0.392. The van der Waals surface area contributed by atoms with E-state index in [9.17, 15) is 0 Å². The molecule has 0 aliphatic carbocycles. The van der Waals surface area contributed by atoms with Gasteiger partial charge in [0, 0.05) is 25.0 Å². The van der Waals surface area contributed by atoms with Gasteiger partial charge in [0.05, 0.1) is 0 Å². The maximum atomic E-state index is 6.08. The van der Waals surface area contributed by atoms with Gasteiger partial charge in [0.15, 0.2) is 0 Å². The Kier molecular flexibility index (Phi) is 12.6. The van der Waals surface area contributed by atoms with Crippen LogP contribution < -0.4 is 0 Å². The van der Waals surface area contributed by atoms with E-state index in [0.717, 1.165) is 0 Å². The minimum atomic E-state index is -1.50. The van der Waals surface area contributed by atoms with E-state index in [1.165, 1.54) is 60.6 Å². The number of rotatable bonds is 14. The molecule has 0 bridgehead atoms. The zero-order valence-electron chi connectivity index (χ0n) is 15.3. The Bertz CT molecular complexity index is 216. The fraction of sp³-hybridized carbons (Fsp3) is 1.00. The molecule has 128 valence electrons. The second-order valence-electron chi connectivity index (χ2n) is 6.27. The standard InChI is InChI=1S/C16H38O2SSi2/c1-7-11-20(17-5,12-8-2)15-19-16-21(18-6,13-9-3)14-10-4/h7-16H2,1-6H3. The molecule has 0 heterocycles. The van der Waals surface area contributed by atoms with Crippen molar-refractivity contribution in [1.29, 1.82) is 0 Å². The lowest BCUT2D eigenvalue weighted by atomic mass is 10.6. The van der Waals surface area contributed by atoms with E-state index >= 15 is 0 Å². The molecule has 0 N–H and O–H groups in total. The van der Waals surface area contributed by atoms with E-state index < -0.39 is 16.6 Å². The normalized spacial score (nSPS) is 12.9. The van der Waals surface area contributed by atoms with E-state index in [-0.39, 0.29) is 0 Å². The topological polar surface area (TPSA) is 18.5 Å². The van der Waals surface area contributed by atoms with Gasteiger partial charge < -0.3 is 8.85 Å². The molecule has 0 radical (unpaired) electrons. The van der Waals surface area contributed by atoms with Crippen LogP contribution >= 0.6 is 11.8 Å². The number of thioether (sulfide) groups is 1. The van der Waals surface area contributed by atoms with Crippen LogP contribution in [-0.2, 0) is 8.85 Å². The molecular formula is C16H38O2SSi2. The molecule has 2 nitrogen and oxygen atoms in total. The van der Waals surface area contributed by atoms with Gasteiger partial charge in [0.1, 0.15) is 0 Å². The summed E-state index contributed by atoms with van der Waals surface area (Å²) in [7, 11) is 0.915. The molecule has 0 rings (SSSR count). The molecule has 0 saturated carbocycles. The summed E-state index contributed by atoms with van der Waals surface area (Å²) >= 11 is 2.15. The predicted octanol–water partition coefficient (Wildman–Crippen LogP) is 5.62. The average molecular weight is 351 g/mol. The minimum Gasteiger partial charge on any atom is -0.419 e. The summed E-state index contributed by atoms with van der Waals surface area (Å²) in [6.45, 7) is 9.18. The quantitative estimate of drug-likeness (QED) is 0.379. The summed E-state index contributed by atoms with van der Waals surface area (Å²) in [6.07, 6.45) is 5.05. The molecule has 0 aromatic carbocycles. The van der Waals surface area contributed by atoms with Gasteiger partial charge in [-0.2, -0.15) is 11.8 Å². The second kappa shape index (κ2) is 12.2. The summed E-state index contributed by atoms with van der Waals surface area (Å²) < 4.78 is 12.2. The van der Waals surface area contributed by atoms with E-state index in [2.05, 4.69) is 39.5 Å². The lowest BCUT2D eigenvalue weighted by Crippen LogP contribution is -2.44. The Morgan fingerprint density at radius 2 is 0.905 bits per heavy atom. The second-order valence-corrected chi connectivity index (χ2v) is 16.5. The van der Waals surface area contributed by atoms with Gasteiger partial charge in [0.25, 0.3) is 0 Å². The van der Waals surface area contributed by atoms with Crippen molar-refractivity contribution in [2.75, 3.05) is 25.0 Å². The van der Waals surface area contributed by atoms with Crippen molar-refractivity contribution in [1.82, 2.24) is 0 Å². The molecule has 0 unspecified atom stereocenters. The maximum Gasteiger partial charge on any atom is 0.201 e. The van der Waals surface area contributed by atoms with Gasteiger partial charge in [-0.1, -0.05) is 53.4 Å². The van der Waals surface area contributed by atoms with Crippen LogP contribution in [0.4, 0.5) is 0 Å². The lowest BCUT2D eigenvalue weighted by Gasteiger charge is -2.32. The van der Waals surface area contributed by atoms with Gasteiger partial charge in [-0.05, 0) is 24.2 Å². The first kappa shape index (κ1) is 21.7. The third-order valence-electron chi connectivity index (χ3n) is 4.42. The highest BCUT2D eigenvalue weighted by Crippen LogP contribution is 2.30. The molecule has 0 spiro atoms. The first-order valence-electron chi connectivity index (χ1n) is 8.75. The highest BCUT2D eigenvalue weighted by molar-refractivity contribution is 8.02. The Balaban J connectivity index is 4.62. The molecule has 0 aliphatic rings. The zero-order valence-corrected chi connectivity index (χ0v) is 18.1. The summed E-state index contributed by atoms with van der Waals surface area (Å²) in [5.41, 5.74) is 0. The first-order chi connectivity index (χ1) is 10.1. The fourth-order valence-electron chi connectivity index (χ4n) is 3.31. The van der Waals surface area contributed by atoms with Crippen LogP contribution in [0.2, 0.25) is 24.2 Å². The van der Waals surface area contributed by atoms with Gasteiger partial charge in [-0.15, -0.1) is 0 Å². The maximum absolute atomic E-state index is 6.08. The van der Waals surface area contributed by atoms with Crippen molar-refractivity contribution in [3.63, 3.8) is 0 Å². The van der Waals surface area contributed by atoms with E-state index in [4.69, 9.17) is 8.85 Å². The van der Waals surface area contributed by atoms with E-state index in [0.29, 0.717) is 0 Å². The third-order valence-corrected chi connectivity index (χ3v) is 17.6. The monoisotopic (exact) mass is 350 g/mol. The molecule has 0 aromatic heterocycles. The molecule has 5 heteroatoms. The summed E-state index contributed by atoms with van der Waals surface area (Å²) in [5, 5.41) is 2.52. The van der Waals surface area contributed by atoms with Gasteiger partial charge in [-0.25, -0.2) is 0 Å².